The summed E-state index contributed by atoms with van der Waals surface area (Å²) in [7, 11) is -0.846. The highest BCUT2D eigenvalue weighted by Gasteiger charge is 2.11. The first-order chi connectivity index (χ1) is 8.10. The molecule has 0 spiro atoms. The Morgan fingerprint density at radius 2 is 2.12 bits per heavy atom. The van der Waals surface area contributed by atoms with E-state index in [1.54, 1.807) is 6.26 Å². The van der Waals surface area contributed by atoms with Gasteiger partial charge in [0.1, 0.15) is 18.0 Å². The zero-order valence-corrected chi connectivity index (χ0v) is 11.2. The molecule has 0 amide bonds. The van der Waals surface area contributed by atoms with Crippen LogP contribution in [0.5, 0.6) is 0 Å². The minimum atomic E-state index is -0.846. The number of nitrogen functional groups attached to an aromatic ring is 1. The van der Waals surface area contributed by atoms with E-state index in [1.165, 1.54) is 6.33 Å². The molecule has 0 aliphatic rings. The SMILES string of the molecule is CCc1c(NN)ncnc1NCC(C)S(C)=O. The molecule has 17 heavy (non-hydrogen) atoms. The van der Waals surface area contributed by atoms with Gasteiger partial charge in [-0.05, 0) is 13.3 Å². The van der Waals surface area contributed by atoms with Gasteiger partial charge in [0.05, 0.1) is 0 Å². The summed E-state index contributed by atoms with van der Waals surface area (Å²) < 4.78 is 11.2. The molecule has 0 aliphatic heterocycles. The molecule has 0 radical (unpaired) electrons. The molecular formula is C10H19N5OS. The van der Waals surface area contributed by atoms with Crippen LogP contribution >= 0.6 is 0 Å². The Kier molecular flexibility index (Phi) is 5.30. The van der Waals surface area contributed by atoms with E-state index in [0.717, 1.165) is 17.8 Å². The summed E-state index contributed by atoms with van der Waals surface area (Å²) in [4.78, 5) is 8.22. The number of nitrogens with zero attached hydrogens (tertiary/aromatic N) is 2. The summed E-state index contributed by atoms with van der Waals surface area (Å²) in [5.41, 5.74) is 3.48. The molecule has 1 heterocycles. The molecule has 6 nitrogen and oxygen atoms in total. The Balaban J connectivity index is 2.80. The highest BCUT2D eigenvalue weighted by Crippen LogP contribution is 2.19. The third-order valence-corrected chi connectivity index (χ3v) is 3.86. The molecule has 2 unspecified atom stereocenters. The predicted molar refractivity (Wildman–Crippen MR) is 71.2 cm³/mol. The second-order valence-electron chi connectivity index (χ2n) is 3.74. The molecule has 0 fully saturated rings. The monoisotopic (exact) mass is 257 g/mol. The van der Waals surface area contributed by atoms with Gasteiger partial charge in [0.2, 0.25) is 0 Å². The topological polar surface area (TPSA) is 92.9 Å². The highest BCUT2D eigenvalue weighted by atomic mass is 32.2. The molecule has 7 heteroatoms. The van der Waals surface area contributed by atoms with E-state index < -0.39 is 10.8 Å². The molecule has 4 N–H and O–H groups in total. The fourth-order valence-electron chi connectivity index (χ4n) is 1.38. The van der Waals surface area contributed by atoms with Crippen LogP contribution < -0.4 is 16.6 Å². The molecule has 0 bridgehead atoms. The van der Waals surface area contributed by atoms with E-state index in [2.05, 4.69) is 20.7 Å². The molecule has 1 aromatic heterocycles. The lowest BCUT2D eigenvalue weighted by molar-refractivity contribution is 0.678. The van der Waals surface area contributed by atoms with Gasteiger partial charge in [-0.25, -0.2) is 15.8 Å². The van der Waals surface area contributed by atoms with E-state index in [-0.39, 0.29) is 5.25 Å². The minimum absolute atomic E-state index is 0.0731. The van der Waals surface area contributed by atoms with Crippen LogP contribution in [0, 0.1) is 0 Å². The van der Waals surface area contributed by atoms with Crippen molar-refractivity contribution in [3.05, 3.63) is 11.9 Å². The van der Waals surface area contributed by atoms with Gasteiger partial charge in [0.15, 0.2) is 0 Å². The third kappa shape index (κ3) is 3.64. The zero-order chi connectivity index (χ0) is 12.8. The summed E-state index contributed by atoms with van der Waals surface area (Å²) in [6.45, 7) is 4.54. The van der Waals surface area contributed by atoms with E-state index in [4.69, 9.17) is 5.84 Å². The molecule has 0 saturated carbocycles. The minimum Gasteiger partial charge on any atom is -0.368 e. The van der Waals surface area contributed by atoms with E-state index >= 15 is 0 Å². The van der Waals surface area contributed by atoms with Crippen LogP contribution in [0.3, 0.4) is 0 Å². The van der Waals surface area contributed by atoms with E-state index in [0.29, 0.717) is 12.4 Å². The van der Waals surface area contributed by atoms with Crippen molar-refractivity contribution in [1.82, 2.24) is 9.97 Å². The number of anilines is 2. The number of nitrogens with one attached hydrogen (secondary N) is 2. The maximum Gasteiger partial charge on any atom is 0.148 e. The van der Waals surface area contributed by atoms with Crippen molar-refractivity contribution in [2.75, 3.05) is 23.5 Å². The molecule has 96 valence electrons. The lowest BCUT2D eigenvalue weighted by Gasteiger charge is -2.14. The Labute approximate surface area is 104 Å². The van der Waals surface area contributed by atoms with E-state index in [9.17, 15) is 4.21 Å². The van der Waals surface area contributed by atoms with Gasteiger partial charge in [-0.3, -0.25) is 4.21 Å². The van der Waals surface area contributed by atoms with E-state index in [1.807, 2.05) is 13.8 Å². The predicted octanol–water partition coefficient (Wildman–Crippen LogP) is 0.503. The number of hydrazine groups is 1. The van der Waals surface area contributed by atoms with Gasteiger partial charge in [-0.2, -0.15) is 0 Å². The van der Waals surface area contributed by atoms with Crippen LogP contribution in [0.1, 0.15) is 19.4 Å². The highest BCUT2D eigenvalue weighted by molar-refractivity contribution is 7.84. The van der Waals surface area contributed by atoms with Crippen molar-refractivity contribution >= 4 is 22.4 Å². The molecule has 2 atom stereocenters. The van der Waals surface area contributed by atoms with Crippen molar-refractivity contribution in [2.24, 2.45) is 5.84 Å². The average molecular weight is 257 g/mol. The summed E-state index contributed by atoms with van der Waals surface area (Å²) >= 11 is 0. The number of rotatable bonds is 6. The van der Waals surface area contributed by atoms with Crippen LogP contribution in [0.4, 0.5) is 11.6 Å². The number of hydrogen-bond donors (Lipinski definition) is 3. The molecule has 0 aromatic carbocycles. The Morgan fingerprint density at radius 3 is 2.65 bits per heavy atom. The molecule has 0 aliphatic carbocycles. The largest absolute Gasteiger partial charge is 0.368 e. The maximum atomic E-state index is 11.2. The van der Waals surface area contributed by atoms with Gasteiger partial charge in [-0.15, -0.1) is 0 Å². The lowest BCUT2D eigenvalue weighted by Crippen LogP contribution is -2.22. The zero-order valence-electron chi connectivity index (χ0n) is 10.4. The third-order valence-electron chi connectivity index (χ3n) is 2.56. The van der Waals surface area contributed by atoms with Crippen molar-refractivity contribution in [1.29, 1.82) is 0 Å². The Morgan fingerprint density at radius 1 is 1.47 bits per heavy atom. The van der Waals surface area contributed by atoms with Crippen LogP contribution in [-0.2, 0) is 17.2 Å². The lowest BCUT2D eigenvalue weighted by atomic mass is 10.2. The van der Waals surface area contributed by atoms with Gasteiger partial charge in [-0.1, -0.05) is 6.92 Å². The second kappa shape index (κ2) is 6.51. The standard InChI is InChI=1S/C10H19N5OS/c1-4-8-9(12-5-7(2)17(3)16)13-6-14-10(8)15-11/h6-7H,4-5,11H2,1-3H3,(H2,12,13,14,15). The Bertz CT molecular complexity index is 398. The normalized spacial score (nSPS) is 14.1. The van der Waals surface area contributed by atoms with Crippen molar-refractivity contribution in [2.45, 2.75) is 25.5 Å². The molecule has 1 aromatic rings. The first-order valence-corrected chi connectivity index (χ1v) is 7.08. The van der Waals surface area contributed by atoms with Crippen LogP contribution in [-0.4, -0.2) is 32.2 Å². The number of hydrogen-bond acceptors (Lipinski definition) is 6. The first kappa shape index (κ1) is 13.9. The smallest absolute Gasteiger partial charge is 0.148 e. The van der Waals surface area contributed by atoms with Crippen LogP contribution in [0.25, 0.3) is 0 Å². The average Bonchev–Trinajstić information content (AvgIpc) is 2.34. The van der Waals surface area contributed by atoms with Crippen LogP contribution in [0.15, 0.2) is 6.33 Å². The van der Waals surface area contributed by atoms with Crippen molar-refractivity contribution in [3.63, 3.8) is 0 Å². The van der Waals surface area contributed by atoms with Crippen molar-refractivity contribution in [3.8, 4) is 0 Å². The Hall–Kier alpha value is -1.21. The van der Waals surface area contributed by atoms with Gasteiger partial charge < -0.3 is 10.7 Å². The number of nitrogens with two attached hydrogens (primary N) is 1. The quantitative estimate of drug-likeness (QED) is 0.508. The van der Waals surface area contributed by atoms with Gasteiger partial charge in [0, 0.05) is 34.4 Å². The number of aromatic nitrogens is 2. The van der Waals surface area contributed by atoms with Gasteiger partial charge >= 0.3 is 0 Å². The fraction of sp³-hybridized carbons (Fsp3) is 0.600. The summed E-state index contributed by atoms with van der Waals surface area (Å²) in [5, 5.41) is 3.25. The molecule has 1 rings (SSSR count). The van der Waals surface area contributed by atoms with Gasteiger partial charge in [0.25, 0.3) is 0 Å². The summed E-state index contributed by atoms with van der Waals surface area (Å²) in [6.07, 6.45) is 3.91. The van der Waals surface area contributed by atoms with Crippen molar-refractivity contribution < 1.29 is 4.21 Å². The fourth-order valence-corrected chi connectivity index (χ4v) is 1.70. The second-order valence-corrected chi connectivity index (χ2v) is 5.54. The summed E-state index contributed by atoms with van der Waals surface area (Å²) in [5.74, 6) is 6.75. The first-order valence-electron chi connectivity index (χ1n) is 5.46. The molecular weight excluding hydrogens is 238 g/mol. The molecule has 0 saturated heterocycles. The summed E-state index contributed by atoms with van der Waals surface area (Å²) in [6, 6.07) is 0. The van der Waals surface area contributed by atoms with Crippen LogP contribution in [0.2, 0.25) is 0 Å². The maximum absolute atomic E-state index is 11.2.